The van der Waals surface area contributed by atoms with Crippen molar-refractivity contribution in [2.75, 3.05) is 0 Å². The minimum absolute atomic E-state index is 0.249. The van der Waals surface area contributed by atoms with E-state index in [2.05, 4.69) is 29.4 Å². The first-order valence-electron chi connectivity index (χ1n) is 7.32. The van der Waals surface area contributed by atoms with E-state index in [0.717, 1.165) is 12.0 Å². The molecule has 1 aromatic heterocycles. The number of carbonyl (C=O) groups excluding carboxylic acids is 1. The van der Waals surface area contributed by atoms with Crippen molar-refractivity contribution in [3.05, 3.63) is 53.3 Å². The zero-order valence-corrected chi connectivity index (χ0v) is 11.6. The van der Waals surface area contributed by atoms with Gasteiger partial charge in [0.2, 0.25) is 0 Å². The molecule has 1 fully saturated rings. The molecule has 20 heavy (non-hydrogen) atoms. The second-order valence-corrected chi connectivity index (χ2v) is 6.12. The van der Waals surface area contributed by atoms with E-state index in [4.69, 9.17) is 0 Å². The molecule has 1 aromatic carbocycles. The molecule has 0 bridgehead atoms. The fourth-order valence-electron chi connectivity index (χ4n) is 3.89. The highest BCUT2D eigenvalue weighted by atomic mass is 16.1. The van der Waals surface area contributed by atoms with Crippen LogP contribution in [0.4, 0.5) is 0 Å². The molecule has 2 aliphatic carbocycles. The summed E-state index contributed by atoms with van der Waals surface area (Å²) in [4.78, 5) is 12.5. The molecule has 2 aromatic rings. The third-order valence-corrected chi connectivity index (χ3v) is 4.84. The van der Waals surface area contributed by atoms with Gasteiger partial charge in [-0.25, -0.2) is 0 Å². The topological polar surface area (TPSA) is 34.9 Å². The Bertz CT molecular complexity index is 673. The number of hydrogen-bond donors (Lipinski definition) is 0. The number of aromatic nitrogens is 2. The molecule has 0 amide bonds. The van der Waals surface area contributed by atoms with E-state index in [-0.39, 0.29) is 5.92 Å². The predicted molar refractivity (Wildman–Crippen MR) is 76.4 cm³/mol. The van der Waals surface area contributed by atoms with E-state index in [1.165, 1.54) is 17.5 Å². The van der Waals surface area contributed by atoms with Crippen molar-refractivity contribution in [3.63, 3.8) is 0 Å². The van der Waals surface area contributed by atoms with Crippen molar-refractivity contribution in [1.82, 2.24) is 9.78 Å². The summed E-state index contributed by atoms with van der Waals surface area (Å²) in [6.07, 6.45) is 6.59. The van der Waals surface area contributed by atoms with E-state index in [9.17, 15) is 4.79 Å². The molecule has 0 aliphatic heterocycles. The molecular weight excluding hydrogens is 248 g/mol. The van der Waals surface area contributed by atoms with Crippen LogP contribution in [0.5, 0.6) is 0 Å². The molecule has 3 atom stereocenters. The van der Waals surface area contributed by atoms with Gasteiger partial charge in [-0.15, -0.1) is 0 Å². The lowest BCUT2D eigenvalue weighted by Gasteiger charge is -2.13. The maximum Gasteiger partial charge on any atom is 0.141 e. The van der Waals surface area contributed by atoms with Crippen LogP contribution in [-0.4, -0.2) is 15.6 Å². The second kappa shape index (κ2) is 4.30. The van der Waals surface area contributed by atoms with Gasteiger partial charge in [0.15, 0.2) is 0 Å². The van der Waals surface area contributed by atoms with Crippen molar-refractivity contribution in [3.8, 4) is 0 Å². The number of Topliss-reactive ketones (excluding diaryl/α,β-unsaturated/α-hetero) is 1. The van der Waals surface area contributed by atoms with E-state index in [1.54, 1.807) is 10.9 Å². The quantitative estimate of drug-likeness (QED) is 0.855. The zero-order valence-electron chi connectivity index (χ0n) is 11.6. The number of fused-ring (bicyclic) bond motifs is 3. The number of benzene rings is 1. The van der Waals surface area contributed by atoms with E-state index in [0.29, 0.717) is 24.0 Å². The lowest BCUT2D eigenvalue weighted by atomic mass is 9.92. The molecule has 0 N–H and O–H groups in total. The maximum atomic E-state index is 12.5. The molecule has 0 spiro atoms. The Labute approximate surface area is 118 Å². The summed E-state index contributed by atoms with van der Waals surface area (Å²) in [5.41, 5.74) is 3.91. The van der Waals surface area contributed by atoms with Gasteiger partial charge < -0.3 is 0 Å². The van der Waals surface area contributed by atoms with Crippen molar-refractivity contribution < 1.29 is 4.79 Å². The van der Waals surface area contributed by atoms with Crippen molar-refractivity contribution in [1.29, 1.82) is 0 Å². The number of aryl methyl sites for hydroxylation is 2. The molecule has 3 nitrogen and oxygen atoms in total. The second-order valence-electron chi connectivity index (χ2n) is 6.12. The number of hydrogen-bond acceptors (Lipinski definition) is 2. The summed E-state index contributed by atoms with van der Waals surface area (Å²) in [6.45, 7) is 0. The van der Waals surface area contributed by atoms with Crippen LogP contribution in [0.1, 0.15) is 29.0 Å². The Kier molecular flexibility index (Phi) is 2.56. The van der Waals surface area contributed by atoms with Crippen LogP contribution in [0, 0.1) is 11.8 Å². The molecule has 3 heteroatoms. The number of rotatable bonds is 3. The molecule has 0 saturated heterocycles. The van der Waals surface area contributed by atoms with Gasteiger partial charge >= 0.3 is 0 Å². The van der Waals surface area contributed by atoms with Crippen LogP contribution in [0.25, 0.3) is 0 Å². The minimum atomic E-state index is 0.249. The van der Waals surface area contributed by atoms with Crippen LogP contribution < -0.4 is 0 Å². The summed E-state index contributed by atoms with van der Waals surface area (Å²) in [6, 6.07) is 8.63. The fraction of sp³-hybridized carbons (Fsp3) is 0.412. The van der Waals surface area contributed by atoms with Gasteiger partial charge in [0, 0.05) is 25.6 Å². The van der Waals surface area contributed by atoms with Crippen LogP contribution in [0.3, 0.4) is 0 Å². The van der Waals surface area contributed by atoms with Crippen LogP contribution >= 0.6 is 0 Å². The van der Waals surface area contributed by atoms with E-state index in [1.807, 2.05) is 13.2 Å². The largest absolute Gasteiger partial charge is 0.299 e. The third-order valence-electron chi connectivity index (χ3n) is 4.84. The summed E-state index contributed by atoms with van der Waals surface area (Å²) in [5, 5.41) is 4.14. The van der Waals surface area contributed by atoms with Crippen molar-refractivity contribution in [2.24, 2.45) is 18.9 Å². The molecule has 4 rings (SSSR count). The van der Waals surface area contributed by atoms with Gasteiger partial charge in [0.1, 0.15) is 5.78 Å². The molecule has 2 aliphatic rings. The average molecular weight is 266 g/mol. The Balaban J connectivity index is 1.53. The highest BCUT2D eigenvalue weighted by Gasteiger charge is 2.56. The normalized spacial score (nSPS) is 26.8. The van der Waals surface area contributed by atoms with Crippen LogP contribution in [-0.2, 0) is 24.7 Å². The Morgan fingerprint density at radius 3 is 3.05 bits per heavy atom. The number of carbonyl (C=O) groups is 1. The first-order chi connectivity index (χ1) is 9.74. The highest BCUT2D eigenvalue weighted by Crippen LogP contribution is 2.60. The Hall–Kier alpha value is -1.90. The Morgan fingerprint density at radius 2 is 2.25 bits per heavy atom. The number of ketones is 1. The summed E-state index contributed by atoms with van der Waals surface area (Å²) in [7, 11) is 1.89. The first kappa shape index (κ1) is 11.9. The van der Waals surface area contributed by atoms with Gasteiger partial charge in [-0.1, -0.05) is 24.3 Å². The highest BCUT2D eigenvalue weighted by molar-refractivity contribution is 5.87. The average Bonchev–Trinajstić information content (AvgIpc) is 3.08. The summed E-state index contributed by atoms with van der Waals surface area (Å²) < 4.78 is 1.76. The van der Waals surface area contributed by atoms with E-state index >= 15 is 0 Å². The zero-order chi connectivity index (χ0) is 13.7. The predicted octanol–water partition coefficient (Wildman–Crippen LogP) is 2.51. The smallest absolute Gasteiger partial charge is 0.141 e. The van der Waals surface area contributed by atoms with Crippen LogP contribution in [0.2, 0.25) is 0 Å². The molecule has 1 heterocycles. The monoisotopic (exact) mass is 266 g/mol. The summed E-state index contributed by atoms with van der Waals surface area (Å²) >= 11 is 0. The Morgan fingerprint density at radius 1 is 1.40 bits per heavy atom. The standard InChI is InChI=1S/C17H18N2O/c1-19-10-11(9-18-19)8-15(20)17-14-7-6-12-4-2-3-5-13(12)16(14)17/h2-5,9-10,14,16-17H,6-8H2,1H3. The van der Waals surface area contributed by atoms with Gasteiger partial charge in [-0.3, -0.25) is 9.48 Å². The lowest BCUT2D eigenvalue weighted by Crippen LogP contribution is -2.06. The van der Waals surface area contributed by atoms with Crippen molar-refractivity contribution in [2.45, 2.75) is 25.2 Å². The fourth-order valence-corrected chi connectivity index (χ4v) is 3.89. The number of nitrogens with zero attached hydrogens (tertiary/aromatic N) is 2. The molecule has 1 saturated carbocycles. The molecule has 3 unspecified atom stereocenters. The first-order valence-corrected chi connectivity index (χ1v) is 7.32. The van der Waals surface area contributed by atoms with Crippen molar-refractivity contribution >= 4 is 5.78 Å². The van der Waals surface area contributed by atoms with Crippen LogP contribution in [0.15, 0.2) is 36.7 Å². The lowest BCUT2D eigenvalue weighted by molar-refractivity contribution is -0.120. The van der Waals surface area contributed by atoms with Gasteiger partial charge in [0.25, 0.3) is 0 Å². The third kappa shape index (κ3) is 1.80. The summed E-state index contributed by atoms with van der Waals surface area (Å²) in [5.74, 6) is 1.72. The minimum Gasteiger partial charge on any atom is -0.299 e. The SMILES string of the molecule is Cn1cc(CC(=O)C2C3CCc4ccccc4C32)cn1. The van der Waals surface area contributed by atoms with Gasteiger partial charge in [-0.05, 0) is 41.4 Å². The maximum absolute atomic E-state index is 12.5. The molecular formula is C17H18N2O. The molecule has 0 radical (unpaired) electrons. The molecule has 102 valence electrons. The van der Waals surface area contributed by atoms with Gasteiger partial charge in [-0.2, -0.15) is 5.10 Å². The van der Waals surface area contributed by atoms with Gasteiger partial charge in [0.05, 0.1) is 6.20 Å². The van der Waals surface area contributed by atoms with E-state index < -0.39 is 0 Å².